The first kappa shape index (κ1) is 17.5. The number of carbonyl (C=O) groups excluding carboxylic acids is 1. The molecule has 0 radical (unpaired) electrons. The molecule has 1 atom stereocenters. The molecule has 0 saturated carbocycles. The molecule has 3 rings (SSSR count). The van der Waals surface area contributed by atoms with E-state index in [2.05, 4.69) is 21.7 Å². The van der Waals surface area contributed by atoms with Crippen LogP contribution in [0.4, 0.5) is 5.69 Å². The Balaban J connectivity index is 1.62. The van der Waals surface area contributed by atoms with Gasteiger partial charge in [-0.2, -0.15) is 0 Å². The van der Waals surface area contributed by atoms with Crippen LogP contribution in [-0.4, -0.2) is 48.6 Å². The predicted octanol–water partition coefficient (Wildman–Crippen LogP) is 2.79. The van der Waals surface area contributed by atoms with Gasteiger partial charge in [-0.05, 0) is 45.0 Å². The van der Waals surface area contributed by atoms with Crippen molar-refractivity contribution in [1.29, 1.82) is 0 Å². The van der Waals surface area contributed by atoms with Gasteiger partial charge in [0.25, 0.3) is 0 Å². The van der Waals surface area contributed by atoms with Crippen molar-refractivity contribution < 1.29 is 13.9 Å². The largest absolute Gasteiger partial charge is 0.465 e. The third-order valence-electron chi connectivity index (χ3n) is 4.83. The highest BCUT2D eigenvalue weighted by Gasteiger charge is 2.25. The Kier molecular flexibility index (Phi) is 5.08. The lowest BCUT2D eigenvalue weighted by Crippen LogP contribution is -2.51. The van der Waals surface area contributed by atoms with E-state index in [1.165, 1.54) is 7.11 Å². The molecule has 1 aromatic carbocycles. The van der Waals surface area contributed by atoms with Crippen LogP contribution in [0.1, 0.15) is 34.6 Å². The molecule has 1 fully saturated rings. The second kappa shape index (κ2) is 7.27. The van der Waals surface area contributed by atoms with E-state index in [-0.39, 0.29) is 5.97 Å². The fourth-order valence-corrected chi connectivity index (χ4v) is 3.17. The average molecular weight is 343 g/mol. The van der Waals surface area contributed by atoms with Crippen LogP contribution in [0.5, 0.6) is 0 Å². The lowest BCUT2D eigenvalue weighted by molar-refractivity contribution is 0.0600. The van der Waals surface area contributed by atoms with Crippen molar-refractivity contribution in [3.63, 3.8) is 0 Å². The van der Waals surface area contributed by atoms with Crippen LogP contribution in [0, 0.1) is 13.8 Å². The maximum atomic E-state index is 11.5. The van der Waals surface area contributed by atoms with Crippen LogP contribution < -0.4 is 4.90 Å². The lowest BCUT2D eigenvalue weighted by Gasteiger charge is -2.40. The zero-order valence-electron chi connectivity index (χ0n) is 15.3. The van der Waals surface area contributed by atoms with Gasteiger partial charge >= 0.3 is 5.97 Å². The second-order valence-electron chi connectivity index (χ2n) is 6.55. The molecular weight excluding hydrogens is 318 g/mol. The van der Waals surface area contributed by atoms with Crippen LogP contribution >= 0.6 is 0 Å². The van der Waals surface area contributed by atoms with Gasteiger partial charge < -0.3 is 14.1 Å². The van der Waals surface area contributed by atoms with Gasteiger partial charge in [0.1, 0.15) is 5.76 Å². The number of aryl methyl sites for hydroxylation is 2. The number of nitrogens with zero attached hydrogens (tertiary/aromatic N) is 3. The Labute approximate surface area is 148 Å². The van der Waals surface area contributed by atoms with Gasteiger partial charge in [0, 0.05) is 31.4 Å². The van der Waals surface area contributed by atoms with E-state index in [4.69, 9.17) is 9.15 Å². The SMILES string of the molecule is COC(=O)c1ccc(N2CCN(Cc3nc(C)c(C)o3)[C@@H](C)C2)cc1. The van der Waals surface area contributed by atoms with Crippen LogP contribution in [0.15, 0.2) is 28.7 Å². The molecule has 0 bridgehead atoms. The minimum atomic E-state index is -0.304. The first-order valence-electron chi connectivity index (χ1n) is 8.58. The van der Waals surface area contributed by atoms with E-state index >= 15 is 0 Å². The van der Waals surface area contributed by atoms with E-state index in [9.17, 15) is 4.79 Å². The van der Waals surface area contributed by atoms with Gasteiger partial charge in [0.2, 0.25) is 5.89 Å². The van der Waals surface area contributed by atoms with Crippen molar-refractivity contribution >= 4 is 11.7 Å². The summed E-state index contributed by atoms with van der Waals surface area (Å²) >= 11 is 0. The Hall–Kier alpha value is -2.34. The summed E-state index contributed by atoms with van der Waals surface area (Å²) in [6, 6.07) is 7.99. The minimum Gasteiger partial charge on any atom is -0.465 e. The number of anilines is 1. The summed E-state index contributed by atoms with van der Waals surface area (Å²) in [5.41, 5.74) is 2.67. The predicted molar refractivity (Wildman–Crippen MR) is 95.8 cm³/mol. The molecule has 1 aliphatic rings. The lowest BCUT2D eigenvalue weighted by atomic mass is 10.1. The van der Waals surface area contributed by atoms with Gasteiger partial charge in [-0.25, -0.2) is 9.78 Å². The molecule has 0 aliphatic carbocycles. The number of piperazine rings is 1. The molecule has 2 aromatic rings. The summed E-state index contributed by atoms with van der Waals surface area (Å²) in [6.45, 7) is 9.69. The number of benzene rings is 1. The Morgan fingerprint density at radius 1 is 1.28 bits per heavy atom. The first-order chi connectivity index (χ1) is 12.0. The summed E-state index contributed by atoms with van der Waals surface area (Å²) in [6.07, 6.45) is 0. The topological polar surface area (TPSA) is 58.8 Å². The summed E-state index contributed by atoms with van der Waals surface area (Å²) < 4.78 is 10.5. The van der Waals surface area contributed by atoms with Gasteiger partial charge in [0.05, 0.1) is 24.9 Å². The maximum absolute atomic E-state index is 11.5. The highest BCUT2D eigenvalue weighted by Crippen LogP contribution is 2.22. The van der Waals surface area contributed by atoms with Crippen LogP contribution in [-0.2, 0) is 11.3 Å². The monoisotopic (exact) mass is 343 g/mol. The number of methoxy groups -OCH3 is 1. The molecule has 6 nitrogen and oxygen atoms in total. The smallest absolute Gasteiger partial charge is 0.337 e. The molecule has 0 N–H and O–H groups in total. The number of aromatic nitrogens is 1. The molecule has 1 aliphatic heterocycles. The van der Waals surface area contributed by atoms with Crippen LogP contribution in [0.25, 0.3) is 0 Å². The molecule has 0 unspecified atom stereocenters. The molecule has 25 heavy (non-hydrogen) atoms. The summed E-state index contributed by atoms with van der Waals surface area (Å²) in [5, 5.41) is 0. The van der Waals surface area contributed by atoms with E-state index in [1.807, 2.05) is 38.1 Å². The van der Waals surface area contributed by atoms with Gasteiger partial charge in [-0.15, -0.1) is 0 Å². The summed E-state index contributed by atoms with van der Waals surface area (Å²) in [7, 11) is 1.40. The van der Waals surface area contributed by atoms with E-state index < -0.39 is 0 Å². The molecule has 2 heterocycles. The van der Waals surface area contributed by atoms with Crippen LogP contribution in [0.2, 0.25) is 0 Å². The second-order valence-corrected chi connectivity index (χ2v) is 6.55. The van der Waals surface area contributed by atoms with Gasteiger partial charge in [0.15, 0.2) is 0 Å². The van der Waals surface area contributed by atoms with E-state index in [1.54, 1.807) is 0 Å². The normalized spacial score (nSPS) is 18.4. The first-order valence-corrected chi connectivity index (χ1v) is 8.58. The third kappa shape index (κ3) is 3.85. The number of carbonyl (C=O) groups is 1. The van der Waals surface area contributed by atoms with Gasteiger partial charge in [-0.3, -0.25) is 4.90 Å². The fourth-order valence-electron chi connectivity index (χ4n) is 3.17. The highest BCUT2D eigenvalue weighted by atomic mass is 16.5. The molecule has 0 spiro atoms. The van der Waals surface area contributed by atoms with Crippen molar-refractivity contribution in [2.45, 2.75) is 33.4 Å². The standard InChI is InChI=1S/C19H25N3O3/c1-13-11-22(17-7-5-16(6-8-17)19(23)24-4)10-9-21(13)12-18-20-14(2)15(3)25-18/h5-8,13H,9-12H2,1-4H3/t13-/m0/s1. The number of rotatable bonds is 4. The summed E-state index contributed by atoms with van der Waals surface area (Å²) in [5.74, 6) is 1.38. The van der Waals surface area contributed by atoms with Crippen molar-refractivity contribution in [3.05, 3.63) is 47.2 Å². The minimum absolute atomic E-state index is 0.304. The van der Waals surface area contributed by atoms with E-state index in [0.29, 0.717) is 11.6 Å². The number of hydrogen-bond donors (Lipinski definition) is 0. The maximum Gasteiger partial charge on any atom is 0.337 e. The highest BCUT2D eigenvalue weighted by molar-refractivity contribution is 5.89. The molecular formula is C19H25N3O3. The Morgan fingerprint density at radius 3 is 2.56 bits per heavy atom. The van der Waals surface area contributed by atoms with Crippen LogP contribution in [0.3, 0.4) is 0 Å². The van der Waals surface area contributed by atoms with Crippen molar-refractivity contribution in [1.82, 2.24) is 9.88 Å². The molecule has 0 amide bonds. The quantitative estimate of drug-likeness (QED) is 0.796. The number of hydrogen-bond acceptors (Lipinski definition) is 6. The number of ether oxygens (including phenoxy) is 1. The molecule has 1 aromatic heterocycles. The Bertz CT molecular complexity index is 719. The number of esters is 1. The molecule has 134 valence electrons. The van der Waals surface area contributed by atoms with Crippen molar-refractivity contribution in [3.8, 4) is 0 Å². The zero-order chi connectivity index (χ0) is 18.0. The van der Waals surface area contributed by atoms with Gasteiger partial charge in [-0.1, -0.05) is 0 Å². The fraction of sp³-hybridized carbons (Fsp3) is 0.474. The third-order valence-corrected chi connectivity index (χ3v) is 4.83. The summed E-state index contributed by atoms with van der Waals surface area (Å²) in [4.78, 5) is 20.8. The van der Waals surface area contributed by atoms with Crippen molar-refractivity contribution in [2.24, 2.45) is 0 Å². The zero-order valence-corrected chi connectivity index (χ0v) is 15.3. The Morgan fingerprint density at radius 2 is 2.00 bits per heavy atom. The van der Waals surface area contributed by atoms with Crippen molar-refractivity contribution in [2.75, 3.05) is 31.6 Å². The molecule has 1 saturated heterocycles. The molecule has 6 heteroatoms. The number of oxazole rings is 1. The van der Waals surface area contributed by atoms with E-state index in [0.717, 1.165) is 49.2 Å². The average Bonchev–Trinajstić information content (AvgIpc) is 2.93.